The van der Waals surface area contributed by atoms with Crippen molar-refractivity contribution in [3.63, 3.8) is 0 Å². The summed E-state index contributed by atoms with van der Waals surface area (Å²) < 4.78 is 6.02. The molecular weight excluding hydrogens is 272 g/mol. The second kappa shape index (κ2) is 6.33. The maximum absolute atomic E-state index is 6.03. The van der Waals surface area contributed by atoms with Crippen molar-refractivity contribution < 1.29 is 4.74 Å². The highest BCUT2D eigenvalue weighted by molar-refractivity contribution is 6.30. The van der Waals surface area contributed by atoms with E-state index < -0.39 is 0 Å². The van der Waals surface area contributed by atoms with Crippen molar-refractivity contribution >= 4 is 11.6 Å². The van der Waals surface area contributed by atoms with Crippen molar-refractivity contribution in [2.45, 2.75) is 31.8 Å². The molecule has 1 aromatic carbocycles. The molecule has 0 spiro atoms. The number of hydrogen-bond donors (Lipinski definition) is 1. The first kappa shape index (κ1) is 14.2. The standard InChI is InChI=1S/C16H23ClN2O/c17-14-1-2-16-13(9-14)10-15(20-16)11-19-7-4-12(3-6-18)5-8-19/h1-2,9,12,15H,3-8,10-11,18H2. The van der Waals surface area contributed by atoms with E-state index >= 15 is 0 Å². The highest BCUT2D eigenvalue weighted by Crippen LogP contribution is 2.32. The number of nitrogens with two attached hydrogens (primary N) is 1. The fourth-order valence-corrected chi connectivity index (χ4v) is 3.57. The first-order valence-corrected chi connectivity index (χ1v) is 8.00. The maximum atomic E-state index is 6.03. The molecule has 0 bridgehead atoms. The molecule has 4 heteroatoms. The Labute approximate surface area is 126 Å². The van der Waals surface area contributed by atoms with Gasteiger partial charge in [-0.05, 0) is 68.6 Å². The summed E-state index contributed by atoms with van der Waals surface area (Å²) in [7, 11) is 0. The number of halogens is 1. The van der Waals surface area contributed by atoms with Gasteiger partial charge < -0.3 is 10.5 Å². The first-order chi connectivity index (χ1) is 9.74. The summed E-state index contributed by atoms with van der Waals surface area (Å²) >= 11 is 6.03. The number of ether oxygens (including phenoxy) is 1. The van der Waals surface area contributed by atoms with Gasteiger partial charge in [0.1, 0.15) is 11.9 Å². The zero-order chi connectivity index (χ0) is 13.9. The van der Waals surface area contributed by atoms with Crippen LogP contribution in [0.3, 0.4) is 0 Å². The lowest BCUT2D eigenvalue weighted by Crippen LogP contribution is -2.40. The third-order valence-corrected chi connectivity index (χ3v) is 4.74. The minimum atomic E-state index is 0.287. The van der Waals surface area contributed by atoms with Crippen LogP contribution in [0.4, 0.5) is 0 Å². The first-order valence-electron chi connectivity index (χ1n) is 7.62. The van der Waals surface area contributed by atoms with Crippen LogP contribution in [-0.2, 0) is 6.42 Å². The zero-order valence-corrected chi connectivity index (χ0v) is 12.6. The van der Waals surface area contributed by atoms with E-state index in [9.17, 15) is 0 Å². The van der Waals surface area contributed by atoms with Crippen molar-refractivity contribution in [3.05, 3.63) is 28.8 Å². The molecule has 0 radical (unpaired) electrons. The Kier molecular flexibility index (Phi) is 4.49. The summed E-state index contributed by atoms with van der Waals surface area (Å²) in [5.74, 6) is 1.84. The van der Waals surface area contributed by atoms with Crippen LogP contribution in [0.25, 0.3) is 0 Å². The van der Waals surface area contributed by atoms with Crippen LogP contribution in [0.15, 0.2) is 18.2 Å². The molecule has 2 N–H and O–H groups in total. The van der Waals surface area contributed by atoms with Crippen LogP contribution >= 0.6 is 11.6 Å². The maximum Gasteiger partial charge on any atom is 0.123 e. The summed E-state index contributed by atoms with van der Waals surface area (Å²) in [4.78, 5) is 2.53. The lowest BCUT2D eigenvalue weighted by atomic mass is 9.93. The SMILES string of the molecule is NCCC1CCN(CC2Cc3cc(Cl)ccc3O2)CC1. The van der Waals surface area contributed by atoms with Crippen LogP contribution in [0, 0.1) is 5.92 Å². The van der Waals surface area contributed by atoms with E-state index in [0.717, 1.165) is 36.2 Å². The molecule has 2 aliphatic rings. The Bertz CT molecular complexity index is 458. The quantitative estimate of drug-likeness (QED) is 0.928. The van der Waals surface area contributed by atoms with Gasteiger partial charge in [0, 0.05) is 18.0 Å². The number of fused-ring (bicyclic) bond motifs is 1. The van der Waals surface area contributed by atoms with Crippen LogP contribution in [0.2, 0.25) is 5.02 Å². The average Bonchev–Trinajstić information content (AvgIpc) is 2.82. The molecule has 1 atom stereocenters. The molecule has 2 aliphatic heterocycles. The van der Waals surface area contributed by atoms with Gasteiger partial charge in [-0.2, -0.15) is 0 Å². The predicted octanol–water partition coefficient (Wildman–Crippen LogP) is 2.70. The minimum Gasteiger partial charge on any atom is -0.488 e. The van der Waals surface area contributed by atoms with E-state index in [1.807, 2.05) is 18.2 Å². The summed E-state index contributed by atoms with van der Waals surface area (Å²) in [6.45, 7) is 4.22. The third kappa shape index (κ3) is 3.27. The number of piperidine rings is 1. The van der Waals surface area contributed by atoms with Crippen molar-refractivity contribution in [1.82, 2.24) is 4.90 Å². The van der Waals surface area contributed by atoms with E-state index in [-0.39, 0.29) is 6.10 Å². The molecule has 2 heterocycles. The molecule has 3 nitrogen and oxygen atoms in total. The molecule has 0 aromatic heterocycles. The van der Waals surface area contributed by atoms with Gasteiger partial charge in [0.25, 0.3) is 0 Å². The fourth-order valence-electron chi connectivity index (χ4n) is 3.37. The van der Waals surface area contributed by atoms with Gasteiger partial charge in [0.05, 0.1) is 0 Å². The average molecular weight is 295 g/mol. The number of nitrogens with zero attached hydrogens (tertiary/aromatic N) is 1. The molecule has 20 heavy (non-hydrogen) atoms. The predicted molar refractivity (Wildman–Crippen MR) is 82.4 cm³/mol. The minimum absolute atomic E-state index is 0.287. The Hall–Kier alpha value is -0.770. The number of hydrogen-bond acceptors (Lipinski definition) is 3. The van der Waals surface area contributed by atoms with E-state index in [1.54, 1.807) is 0 Å². The smallest absolute Gasteiger partial charge is 0.123 e. The molecule has 0 aliphatic carbocycles. The Morgan fingerprint density at radius 1 is 1.30 bits per heavy atom. The molecule has 1 aromatic rings. The van der Waals surface area contributed by atoms with E-state index in [1.165, 1.54) is 37.9 Å². The third-order valence-electron chi connectivity index (χ3n) is 4.51. The van der Waals surface area contributed by atoms with Gasteiger partial charge in [-0.25, -0.2) is 0 Å². The zero-order valence-electron chi connectivity index (χ0n) is 11.9. The Balaban J connectivity index is 1.49. The molecule has 0 saturated carbocycles. The molecule has 110 valence electrons. The highest BCUT2D eigenvalue weighted by atomic mass is 35.5. The Morgan fingerprint density at radius 3 is 2.85 bits per heavy atom. The molecule has 1 saturated heterocycles. The Morgan fingerprint density at radius 2 is 2.10 bits per heavy atom. The fraction of sp³-hybridized carbons (Fsp3) is 0.625. The molecule has 3 rings (SSSR count). The van der Waals surface area contributed by atoms with Crippen LogP contribution in [0.1, 0.15) is 24.8 Å². The lowest BCUT2D eigenvalue weighted by molar-refractivity contribution is 0.115. The van der Waals surface area contributed by atoms with Gasteiger partial charge in [-0.1, -0.05) is 11.6 Å². The molecule has 1 unspecified atom stereocenters. The summed E-state index contributed by atoms with van der Waals surface area (Å²) in [6, 6.07) is 5.93. The van der Waals surface area contributed by atoms with Gasteiger partial charge in [-0.3, -0.25) is 4.90 Å². The van der Waals surface area contributed by atoms with E-state index in [0.29, 0.717) is 0 Å². The molecule has 0 amide bonds. The van der Waals surface area contributed by atoms with Gasteiger partial charge in [0.15, 0.2) is 0 Å². The molecule has 1 fully saturated rings. The summed E-state index contributed by atoms with van der Waals surface area (Å²) in [5, 5.41) is 0.801. The van der Waals surface area contributed by atoms with Crippen molar-refractivity contribution in [1.29, 1.82) is 0 Å². The van der Waals surface area contributed by atoms with E-state index in [4.69, 9.17) is 22.1 Å². The number of likely N-dealkylation sites (tertiary alicyclic amines) is 1. The number of rotatable bonds is 4. The second-order valence-electron chi connectivity index (χ2n) is 6.02. The monoisotopic (exact) mass is 294 g/mol. The summed E-state index contributed by atoms with van der Waals surface area (Å²) in [5.41, 5.74) is 6.89. The van der Waals surface area contributed by atoms with Crippen molar-refractivity contribution in [2.24, 2.45) is 11.7 Å². The van der Waals surface area contributed by atoms with Crippen LogP contribution in [-0.4, -0.2) is 37.2 Å². The van der Waals surface area contributed by atoms with Crippen molar-refractivity contribution in [3.8, 4) is 5.75 Å². The highest BCUT2D eigenvalue weighted by Gasteiger charge is 2.27. The van der Waals surface area contributed by atoms with Gasteiger partial charge >= 0.3 is 0 Å². The number of benzene rings is 1. The summed E-state index contributed by atoms with van der Waals surface area (Å²) in [6.07, 6.45) is 5.01. The topological polar surface area (TPSA) is 38.5 Å². The van der Waals surface area contributed by atoms with Crippen LogP contribution < -0.4 is 10.5 Å². The molecular formula is C16H23ClN2O. The second-order valence-corrected chi connectivity index (χ2v) is 6.45. The lowest BCUT2D eigenvalue weighted by Gasteiger charge is -2.33. The van der Waals surface area contributed by atoms with Crippen LogP contribution in [0.5, 0.6) is 5.75 Å². The van der Waals surface area contributed by atoms with Gasteiger partial charge in [-0.15, -0.1) is 0 Å². The normalized spacial score (nSPS) is 23.6. The largest absolute Gasteiger partial charge is 0.488 e. The van der Waals surface area contributed by atoms with Crippen molar-refractivity contribution in [2.75, 3.05) is 26.2 Å². The van der Waals surface area contributed by atoms with Gasteiger partial charge in [0.2, 0.25) is 0 Å². The van der Waals surface area contributed by atoms with E-state index in [2.05, 4.69) is 4.90 Å².